The maximum atomic E-state index is 12.7. The average molecular weight is 821 g/mol. The van der Waals surface area contributed by atoms with Crippen LogP contribution >= 0.6 is 0 Å². The molecule has 0 bridgehead atoms. The van der Waals surface area contributed by atoms with Crippen molar-refractivity contribution in [1.82, 2.24) is 0 Å². The number of unbranched alkanes of at least 4 members (excludes halogenated alkanes) is 37. The molecule has 0 fully saturated rings. The number of carbonyl (C=O) groups is 3. The SMILES string of the molecule is CCCCCCCCCCCCCCCCCC(=O)OC[C@@H](COC(=O)CCCCCCCCCCCCCCCC)OC(=O)CCCCCCCCCCCCC. The summed E-state index contributed by atoms with van der Waals surface area (Å²) in [5.74, 6) is -0.841. The molecule has 0 rings (SSSR count). The molecule has 0 amide bonds. The molecule has 0 aromatic carbocycles. The zero-order valence-corrected chi connectivity index (χ0v) is 39.3. The van der Waals surface area contributed by atoms with Gasteiger partial charge < -0.3 is 14.2 Å². The van der Waals surface area contributed by atoms with Gasteiger partial charge in [0.1, 0.15) is 13.2 Å². The van der Waals surface area contributed by atoms with Crippen LogP contribution < -0.4 is 0 Å². The van der Waals surface area contributed by atoms with E-state index in [1.165, 1.54) is 199 Å². The predicted octanol–water partition coefficient (Wildman–Crippen LogP) is 16.8. The van der Waals surface area contributed by atoms with Crippen LogP contribution in [0.4, 0.5) is 0 Å². The molecular formula is C52H100O6. The molecule has 0 radical (unpaired) electrons. The molecule has 0 saturated heterocycles. The highest BCUT2D eigenvalue weighted by atomic mass is 16.6. The highest BCUT2D eigenvalue weighted by Gasteiger charge is 2.19. The average Bonchev–Trinajstić information content (AvgIpc) is 3.22. The lowest BCUT2D eigenvalue weighted by Gasteiger charge is -2.18. The molecule has 6 nitrogen and oxygen atoms in total. The highest BCUT2D eigenvalue weighted by Crippen LogP contribution is 2.17. The summed E-state index contributed by atoms with van der Waals surface area (Å²) < 4.78 is 16.8. The van der Waals surface area contributed by atoms with Gasteiger partial charge >= 0.3 is 17.9 Å². The Balaban J connectivity index is 4.28. The molecule has 0 aliphatic carbocycles. The first-order chi connectivity index (χ1) is 28.5. The lowest BCUT2D eigenvalue weighted by molar-refractivity contribution is -0.167. The molecule has 0 saturated carbocycles. The fourth-order valence-electron chi connectivity index (χ4n) is 7.92. The molecule has 344 valence electrons. The van der Waals surface area contributed by atoms with Crippen molar-refractivity contribution in [3.05, 3.63) is 0 Å². The Hall–Kier alpha value is -1.59. The van der Waals surface area contributed by atoms with E-state index in [0.29, 0.717) is 19.3 Å². The Morgan fingerprint density at radius 3 is 0.690 bits per heavy atom. The van der Waals surface area contributed by atoms with Gasteiger partial charge in [-0.3, -0.25) is 14.4 Å². The van der Waals surface area contributed by atoms with Gasteiger partial charge in [-0.15, -0.1) is 0 Å². The van der Waals surface area contributed by atoms with E-state index in [2.05, 4.69) is 20.8 Å². The molecule has 58 heavy (non-hydrogen) atoms. The van der Waals surface area contributed by atoms with Gasteiger partial charge in [-0.25, -0.2) is 0 Å². The van der Waals surface area contributed by atoms with E-state index in [-0.39, 0.29) is 31.1 Å². The van der Waals surface area contributed by atoms with Crippen molar-refractivity contribution in [3.8, 4) is 0 Å². The molecule has 0 spiro atoms. The van der Waals surface area contributed by atoms with Crippen LogP contribution in [0.1, 0.15) is 297 Å². The standard InChI is InChI=1S/C52H100O6/c1-4-7-10-13-16-19-22-24-26-28-31-33-36-39-42-45-51(54)57-48-49(58-52(55)46-43-40-37-34-29-21-18-15-12-9-6-3)47-56-50(53)44-41-38-35-32-30-27-25-23-20-17-14-11-8-5-2/h49H,4-48H2,1-3H3/t49-/m1/s1. The van der Waals surface area contributed by atoms with E-state index in [0.717, 1.165) is 57.8 Å². The number of rotatable bonds is 48. The third kappa shape index (κ3) is 45.5. The van der Waals surface area contributed by atoms with Crippen LogP contribution in [0.15, 0.2) is 0 Å². The first kappa shape index (κ1) is 56.4. The fourth-order valence-corrected chi connectivity index (χ4v) is 7.92. The summed E-state index contributed by atoms with van der Waals surface area (Å²) in [6.07, 6.45) is 50.8. The van der Waals surface area contributed by atoms with Gasteiger partial charge in [0.05, 0.1) is 0 Å². The maximum absolute atomic E-state index is 12.7. The second-order valence-corrected chi connectivity index (χ2v) is 17.8. The monoisotopic (exact) mass is 821 g/mol. The molecular weight excluding hydrogens is 721 g/mol. The van der Waals surface area contributed by atoms with Crippen molar-refractivity contribution in [2.45, 2.75) is 303 Å². The van der Waals surface area contributed by atoms with Crippen molar-refractivity contribution in [3.63, 3.8) is 0 Å². The summed E-state index contributed by atoms with van der Waals surface area (Å²) in [6.45, 7) is 6.68. The minimum Gasteiger partial charge on any atom is -0.462 e. The van der Waals surface area contributed by atoms with Crippen molar-refractivity contribution in [1.29, 1.82) is 0 Å². The van der Waals surface area contributed by atoms with E-state index in [9.17, 15) is 14.4 Å². The second kappa shape index (κ2) is 48.1. The Morgan fingerprint density at radius 2 is 0.466 bits per heavy atom. The van der Waals surface area contributed by atoms with E-state index in [1.807, 2.05) is 0 Å². The van der Waals surface area contributed by atoms with Crippen molar-refractivity contribution in [2.75, 3.05) is 13.2 Å². The van der Waals surface area contributed by atoms with Crippen molar-refractivity contribution < 1.29 is 28.6 Å². The number of carbonyl (C=O) groups excluding carboxylic acids is 3. The molecule has 0 unspecified atom stereocenters. The van der Waals surface area contributed by atoms with Crippen LogP contribution in [-0.2, 0) is 28.6 Å². The molecule has 1 atom stereocenters. The minimum absolute atomic E-state index is 0.0618. The van der Waals surface area contributed by atoms with Gasteiger partial charge in [-0.1, -0.05) is 258 Å². The minimum atomic E-state index is -0.759. The van der Waals surface area contributed by atoms with Crippen LogP contribution in [-0.4, -0.2) is 37.2 Å². The zero-order valence-electron chi connectivity index (χ0n) is 39.3. The predicted molar refractivity (Wildman–Crippen MR) is 247 cm³/mol. The van der Waals surface area contributed by atoms with E-state index >= 15 is 0 Å². The summed E-state index contributed by atoms with van der Waals surface area (Å²) >= 11 is 0. The van der Waals surface area contributed by atoms with Gasteiger partial charge in [-0.2, -0.15) is 0 Å². The Morgan fingerprint density at radius 1 is 0.276 bits per heavy atom. The van der Waals surface area contributed by atoms with E-state index in [1.54, 1.807) is 0 Å². The molecule has 0 N–H and O–H groups in total. The summed E-state index contributed by atoms with van der Waals surface area (Å²) in [4.78, 5) is 37.9. The van der Waals surface area contributed by atoms with Crippen LogP contribution in [0.5, 0.6) is 0 Å². The normalized spacial score (nSPS) is 11.8. The third-order valence-corrected chi connectivity index (χ3v) is 11.9. The summed E-state index contributed by atoms with van der Waals surface area (Å²) in [5.41, 5.74) is 0. The van der Waals surface area contributed by atoms with Gasteiger partial charge in [0.25, 0.3) is 0 Å². The van der Waals surface area contributed by atoms with Crippen LogP contribution in [0, 0.1) is 0 Å². The quantitative estimate of drug-likeness (QED) is 0.0346. The lowest BCUT2D eigenvalue weighted by atomic mass is 10.0. The fraction of sp³-hybridized carbons (Fsp3) is 0.942. The zero-order chi connectivity index (χ0) is 42.3. The van der Waals surface area contributed by atoms with Crippen LogP contribution in [0.3, 0.4) is 0 Å². The molecule has 0 aromatic rings. The van der Waals surface area contributed by atoms with Gasteiger partial charge in [0, 0.05) is 19.3 Å². The molecule has 0 aromatic heterocycles. The second-order valence-electron chi connectivity index (χ2n) is 17.8. The van der Waals surface area contributed by atoms with Gasteiger partial charge in [0.15, 0.2) is 6.10 Å². The summed E-state index contributed by atoms with van der Waals surface area (Å²) in [5, 5.41) is 0. The number of hydrogen-bond acceptors (Lipinski definition) is 6. The van der Waals surface area contributed by atoms with E-state index in [4.69, 9.17) is 14.2 Å². The first-order valence-electron chi connectivity index (χ1n) is 26.0. The van der Waals surface area contributed by atoms with Crippen LogP contribution in [0.2, 0.25) is 0 Å². The summed E-state index contributed by atoms with van der Waals surface area (Å²) in [7, 11) is 0. The smallest absolute Gasteiger partial charge is 0.306 e. The first-order valence-corrected chi connectivity index (χ1v) is 26.0. The molecule has 0 aliphatic heterocycles. The maximum Gasteiger partial charge on any atom is 0.306 e. The number of ether oxygens (including phenoxy) is 3. The molecule has 6 heteroatoms. The molecule has 0 heterocycles. The van der Waals surface area contributed by atoms with Crippen LogP contribution in [0.25, 0.3) is 0 Å². The summed E-state index contributed by atoms with van der Waals surface area (Å²) in [6, 6.07) is 0. The van der Waals surface area contributed by atoms with Crippen molar-refractivity contribution in [2.24, 2.45) is 0 Å². The van der Waals surface area contributed by atoms with E-state index < -0.39 is 6.10 Å². The highest BCUT2D eigenvalue weighted by molar-refractivity contribution is 5.71. The Labute approximate surface area is 361 Å². The van der Waals surface area contributed by atoms with Gasteiger partial charge in [-0.05, 0) is 19.3 Å². The third-order valence-electron chi connectivity index (χ3n) is 11.9. The molecule has 0 aliphatic rings. The Bertz CT molecular complexity index is 859. The van der Waals surface area contributed by atoms with Gasteiger partial charge in [0.2, 0.25) is 0 Å². The number of esters is 3. The largest absolute Gasteiger partial charge is 0.462 e. The lowest BCUT2D eigenvalue weighted by Crippen LogP contribution is -2.30. The topological polar surface area (TPSA) is 78.9 Å². The number of hydrogen-bond donors (Lipinski definition) is 0. The van der Waals surface area contributed by atoms with Crippen molar-refractivity contribution >= 4 is 17.9 Å². The Kier molecular flexibility index (Phi) is 46.8.